The number of allylic oxidation sites excluding steroid dienone is 1. The third-order valence-corrected chi connectivity index (χ3v) is 6.62. The van der Waals surface area contributed by atoms with Crippen molar-refractivity contribution in [3.8, 4) is 22.4 Å². The molecule has 2 aliphatic rings. The summed E-state index contributed by atoms with van der Waals surface area (Å²) in [4.78, 5) is 9.68. The molecule has 6 nitrogen and oxygen atoms in total. The minimum Gasteiger partial charge on any atom is -0.390 e. The van der Waals surface area contributed by atoms with Crippen molar-refractivity contribution in [1.82, 2.24) is 4.98 Å². The number of anilines is 1. The van der Waals surface area contributed by atoms with Crippen molar-refractivity contribution in [3.63, 3.8) is 0 Å². The Morgan fingerprint density at radius 1 is 1.00 bits per heavy atom. The fraction of sp³-hybridized carbons (Fsp3) is 0.259. The zero-order chi connectivity index (χ0) is 23.4. The fourth-order valence-electron chi connectivity index (χ4n) is 5.08. The van der Waals surface area contributed by atoms with Gasteiger partial charge < -0.3 is 10.8 Å². The van der Waals surface area contributed by atoms with Crippen LogP contribution in [0.4, 0.5) is 5.82 Å². The molecule has 5 N–H and O–H groups in total. The summed E-state index contributed by atoms with van der Waals surface area (Å²) >= 11 is 0. The molecule has 0 unspecified atom stereocenters. The summed E-state index contributed by atoms with van der Waals surface area (Å²) in [5.74, 6) is 7.74. The molecule has 0 spiro atoms. The van der Waals surface area contributed by atoms with Crippen LogP contribution in [0.5, 0.6) is 0 Å². The van der Waals surface area contributed by atoms with Crippen LogP contribution >= 0.6 is 0 Å². The van der Waals surface area contributed by atoms with Crippen LogP contribution < -0.4 is 16.6 Å². The van der Waals surface area contributed by atoms with Crippen LogP contribution in [0.1, 0.15) is 44.7 Å². The number of nitrogens with two attached hydrogens (primary N) is 2. The highest BCUT2D eigenvalue weighted by Crippen LogP contribution is 2.46. The first kappa shape index (κ1) is 21.5. The van der Waals surface area contributed by atoms with Crippen LogP contribution in [0, 0.1) is 0 Å². The minimum atomic E-state index is -0.692. The molecule has 0 amide bonds. The Labute approximate surface area is 194 Å². The van der Waals surface area contributed by atoms with Crippen molar-refractivity contribution in [2.45, 2.75) is 44.8 Å². The maximum absolute atomic E-state index is 10.2. The first-order chi connectivity index (χ1) is 15.7. The van der Waals surface area contributed by atoms with Gasteiger partial charge in [0, 0.05) is 22.2 Å². The Hall–Kier alpha value is -3.32. The van der Waals surface area contributed by atoms with E-state index in [9.17, 15) is 5.11 Å². The Balaban J connectivity index is 1.64. The standard InChI is InChI=1S/C27H29N5O/c1-4-23-30-17(2)21-14-22(18-8-6-5-7-9-18)24(31-25(21)32(23)29)19-10-12-20(13-11-19)27(28)15-26(3,33)16-27/h4-14,33H,15-16,28-29H2,1-3H3/b23-4-/t26-,27-. The average molecular weight is 440 g/mol. The van der Waals surface area contributed by atoms with E-state index in [4.69, 9.17) is 16.6 Å². The molecule has 1 saturated carbocycles. The molecule has 1 fully saturated rings. The summed E-state index contributed by atoms with van der Waals surface area (Å²) in [7, 11) is 0. The van der Waals surface area contributed by atoms with Crippen LogP contribution in [0.25, 0.3) is 22.4 Å². The maximum Gasteiger partial charge on any atom is 0.158 e. The number of hydrogen-bond donors (Lipinski definition) is 3. The van der Waals surface area contributed by atoms with E-state index in [-0.39, 0.29) is 0 Å². The van der Waals surface area contributed by atoms with Crippen LogP contribution in [0.15, 0.2) is 77.6 Å². The highest BCUT2D eigenvalue weighted by molar-refractivity contribution is 6.07. The predicted octanol–water partition coefficient (Wildman–Crippen LogP) is 4.48. The highest BCUT2D eigenvalue weighted by atomic mass is 16.3. The number of aliphatic imine (C=N–C) groups is 1. The third kappa shape index (κ3) is 3.66. The number of hydrazine groups is 1. The van der Waals surface area contributed by atoms with Crippen molar-refractivity contribution >= 4 is 11.5 Å². The largest absolute Gasteiger partial charge is 0.390 e. The molecule has 2 heterocycles. The van der Waals surface area contributed by atoms with E-state index >= 15 is 0 Å². The molecule has 33 heavy (non-hydrogen) atoms. The van der Waals surface area contributed by atoms with Gasteiger partial charge in [-0.15, -0.1) is 0 Å². The second-order valence-electron chi connectivity index (χ2n) is 9.42. The third-order valence-electron chi connectivity index (χ3n) is 6.62. The number of fused-ring (bicyclic) bond motifs is 1. The monoisotopic (exact) mass is 439 g/mol. The molecular weight excluding hydrogens is 410 g/mol. The molecule has 1 aromatic heterocycles. The Bertz CT molecular complexity index is 1270. The van der Waals surface area contributed by atoms with Gasteiger partial charge >= 0.3 is 0 Å². The topological polar surface area (TPSA) is 101 Å². The molecule has 1 aliphatic heterocycles. The second kappa shape index (κ2) is 7.63. The minimum absolute atomic E-state index is 0.490. The summed E-state index contributed by atoms with van der Waals surface area (Å²) in [6.45, 7) is 5.72. The van der Waals surface area contributed by atoms with Gasteiger partial charge in [0.25, 0.3) is 0 Å². The molecule has 0 saturated heterocycles. The van der Waals surface area contributed by atoms with Gasteiger partial charge in [0.05, 0.1) is 17.0 Å². The van der Waals surface area contributed by atoms with Crippen LogP contribution in [-0.4, -0.2) is 21.4 Å². The van der Waals surface area contributed by atoms with E-state index in [0.29, 0.717) is 24.5 Å². The normalized spacial score (nSPS) is 25.5. The van der Waals surface area contributed by atoms with Gasteiger partial charge in [-0.05, 0) is 56.9 Å². The van der Waals surface area contributed by atoms with E-state index in [1.165, 1.54) is 0 Å². The zero-order valence-electron chi connectivity index (χ0n) is 19.2. The Morgan fingerprint density at radius 2 is 1.67 bits per heavy atom. The van der Waals surface area contributed by atoms with Crippen LogP contribution in [0.3, 0.4) is 0 Å². The van der Waals surface area contributed by atoms with E-state index < -0.39 is 11.1 Å². The molecule has 0 bridgehead atoms. The van der Waals surface area contributed by atoms with Gasteiger partial charge in [-0.2, -0.15) is 0 Å². The molecule has 6 heteroatoms. The van der Waals surface area contributed by atoms with Crippen molar-refractivity contribution in [2.75, 3.05) is 5.01 Å². The number of hydrogen-bond acceptors (Lipinski definition) is 6. The van der Waals surface area contributed by atoms with Crippen molar-refractivity contribution < 1.29 is 5.11 Å². The lowest BCUT2D eigenvalue weighted by Gasteiger charge is -2.49. The van der Waals surface area contributed by atoms with Gasteiger partial charge in [0.2, 0.25) is 0 Å². The zero-order valence-corrected chi connectivity index (χ0v) is 19.2. The highest BCUT2D eigenvalue weighted by Gasteiger charge is 2.49. The van der Waals surface area contributed by atoms with E-state index in [1.54, 1.807) is 5.01 Å². The van der Waals surface area contributed by atoms with Crippen LogP contribution in [-0.2, 0) is 5.54 Å². The molecular formula is C27H29N5O. The van der Waals surface area contributed by atoms with Gasteiger partial charge in [0.15, 0.2) is 5.82 Å². The SMILES string of the molecule is C/C=C1/N=C(C)c2cc(-c3ccccc3)c(-c3ccc([C@]4(N)C[C@](C)(O)C4)cc3)nc2N1N. The van der Waals surface area contributed by atoms with E-state index in [1.807, 2.05) is 57.2 Å². The lowest BCUT2D eigenvalue weighted by atomic mass is 9.63. The first-order valence-corrected chi connectivity index (χ1v) is 11.2. The van der Waals surface area contributed by atoms with Crippen molar-refractivity contribution in [3.05, 3.63) is 83.7 Å². The fourth-order valence-corrected chi connectivity index (χ4v) is 5.08. The van der Waals surface area contributed by atoms with Gasteiger partial charge in [-0.3, -0.25) is 0 Å². The van der Waals surface area contributed by atoms with Gasteiger partial charge in [-0.1, -0.05) is 54.6 Å². The van der Waals surface area contributed by atoms with Crippen molar-refractivity contribution in [1.29, 1.82) is 0 Å². The number of aromatic nitrogens is 1. The maximum atomic E-state index is 10.2. The number of pyridine rings is 1. The number of aliphatic hydroxyl groups is 1. The van der Waals surface area contributed by atoms with E-state index in [0.717, 1.165) is 39.2 Å². The van der Waals surface area contributed by atoms with Gasteiger partial charge in [0.1, 0.15) is 5.82 Å². The molecule has 2 aromatic carbocycles. The van der Waals surface area contributed by atoms with Crippen molar-refractivity contribution in [2.24, 2.45) is 16.6 Å². The summed E-state index contributed by atoms with van der Waals surface area (Å²) in [6.07, 6.45) is 2.99. The Morgan fingerprint density at radius 3 is 2.27 bits per heavy atom. The summed E-state index contributed by atoms with van der Waals surface area (Å²) in [5.41, 5.74) is 12.1. The Kier molecular flexibility index (Phi) is 4.97. The number of benzene rings is 2. The average Bonchev–Trinajstić information content (AvgIpc) is 2.80. The number of nitrogens with zero attached hydrogens (tertiary/aromatic N) is 3. The lowest BCUT2D eigenvalue weighted by Crippen LogP contribution is -2.58. The summed E-state index contributed by atoms with van der Waals surface area (Å²) in [6, 6.07) is 20.5. The molecule has 1 aliphatic carbocycles. The lowest BCUT2D eigenvalue weighted by molar-refractivity contribution is -0.0738. The molecule has 0 atom stereocenters. The van der Waals surface area contributed by atoms with Crippen LogP contribution in [0.2, 0.25) is 0 Å². The van der Waals surface area contributed by atoms with Gasteiger partial charge in [-0.25, -0.2) is 20.8 Å². The summed E-state index contributed by atoms with van der Waals surface area (Å²) < 4.78 is 0. The number of rotatable bonds is 3. The van der Waals surface area contributed by atoms with E-state index in [2.05, 4.69) is 35.3 Å². The quantitative estimate of drug-likeness (QED) is 0.523. The molecule has 5 rings (SSSR count). The molecule has 168 valence electrons. The predicted molar refractivity (Wildman–Crippen MR) is 133 cm³/mol. The second-order valence-corrected chi connectivity index (χ2v) is 9.42. The first-order valence-electron chi connectivity index (χ1n) is 11.2. The summed E-state index contributed by atoms with van der Waals surface area (Å²) in [5, 5.41) is 11.7. The molecule has 0 radical (unpaired) electrons. The molecule has 3 aromatic rings. The smallest absolute Gasteiger partial charge is 0.158 e.